The van der Waals surface area contributed by atoms with Gasteiger partial charge < -0.3 is 20.6 Å². The number of carbonyl (C=O) groups is 2. The molecule has 140 valence electrons. The van der Waals surface area contributed by atoms with Gasteiger partial charge in [-0.3, -0.25) is 14.5 Å². The molecule has 26 heavy (non-hydrogen) atoms. The number of likely N-dealkylation sites (tertiary alicyclic amines) is 2. The molecule has 1 unspecified atom stereocenters. The number of nitrogens with one attached hydrogen (secondary N) is 2. The fourth-order valence-electron chi connectivity index (χ4n) is 4.21. The normalized spacial score (nSPS) is 25.3. The largest absolute Gasteiger partial charge is 0.392 e. The van der Waals surface area contributed by atoms with E-state index >= 15 is 0 Å². The van der Waals surface area contributed by atoms with E-state index in [9.17, 15) is 14.7 Å². The van der Waals surface area contributed by atoms with Gasteiger partial charge in [-0.25, -0.2) is 0 Å². The van der Waals surface area contributed by atoms with Crippen molar-refractivity contribution in [2.75, 3.05) is 43.4 Å². The summed E-state index contributed by atoms with van der Waals surface area (Å²) in [6, 6.07) is 7.70. The van der Waals surface area contributed by atoms with Crippen LogP contribution >= 0.6 is 0 Å². The molecule has 7 heteroatoms. The van der Waals surface area contributed by atoms with E-state index in [1.165, 1.54) is 0 Å². The van der Waals surface area contributed by atoms with Crippen molar-refractivity contribution in [3.8, 4) is 0 Å². The van der Waals surface area contributed by atoms with Crippen LogP contribution in [0.3, 0.4) is 0 Å². The van der Waals surface area contributed by atoms with Crippen molar-refractivity contribution in [2.45, 2.75) is 37.3 Å². The summed E-state index contributed by atoms with van der Waals surface area (Å²) in [5, 5.41) is 16.2. The molecule has 2 saturated heterocycles. The molecule has 2 fully saturated rings. The first-order chi connectivity index (χ1) is 12.6. The number of hydrogen-bond donors (Lipinski definition) is 3. The molecular formula is C19H26N4O3. The SMILES string of the molecule is O=C(CN1CCCC(O)C1)N1CCC2(CC1)Nc1ccccc1NC2=O. The number of nitrogens with zero attached hydrogens (tertiary/aromatic N) is 2. The molecule has 0 bridgehead atoms. The zero-order valence-corrected chi connectivity index (χ0v) is 14.9. The Morgan fingerprint density at radius 2 is 1.92 bits per heavy atom. The topological polar surface area (TPSA) is 84.9 Å². The van der Waals surface area contributed by atoms with Crippen molar-refractivity contribution in [1.82, 2.24) is 9.80 Å². The number of fused-ring (bicyclic) bond motifs is 1. The molecule has 2 amide bonds. The van der Waals surface area contributed by atoms with Gasteiger partial charge in [0.1, 0.15) is 5.54 Å². The number of rotatable bonds is 2. The molecule has 4 rings (SSSR count). The quantitative estimate of drug-likeness (QED) is 0.730. The van der Waals surface area contributed by atoms with Crippen LogP contribution in [0.2, 0.25) is 0 Å². The van der Waals surface area contributed by atoms with E-state index in [2.05, 4.69) is 10.6 Å². The lowest BCUT2D eigenvalue weighted by Gasteiger charge is -2.44. The van der Waals surface area contributed by atoms with Crippen molar-refractivity contribution < 1.29 is 14.7 Å². The van der Waals surface area contributed by atoms with Gasteiger partial charge in [0, 0.05) is 19.6 Å². The molecule has 3 N–H and O–H groups in total. The van der Waals surface area contributed by atoms with E-state index < -0.39 is 5.54 Å². The molecule has 1 aromatic carbocycles. The lowest BCUT2D eigenvalue weighted by atomic mass is 9.84. The first kappa shape index (κ1) is 17.3. The maximum Gasteiger partial charge on any atom is 0.250 e. The number of para-hydroxylation sites is 2. The van der Waals surface area contributed by atoms with Gasteiger partial charge in [-0.15, -0.1) is 0 Å². The first-order valence-corrected chi connectivity index (χ1v) is 9.43. The van der Waals surface area contributed by atoms with Crippen molar-refractivity contribution in [2.24, 2.45) is 0 Å². The van der Waals surface area contributed by atoms with E-state index in [-0.39, 0.29) is 17.9 Å². The summed E-state index contributed by atoms with van der Waals surface area (Å²) >= 11 is 0. The molecule has 7 nitrogen and oxygen atoms in total. The van der Waals surface area contributed by atoms with Gasteiger partial charge in [-0.2, -0.15) is 0 Å². The highest BCUT2D eigenvalue weighted by atomic mass is 16.3. The first-order valence-electron chi connectivity index (χ1n) is 9.43. The summed E-state index contributed by atoms with van der Waals surface area (Å²) < 4.78 is 0. The minimum atomic E-state index is -0.632. The van der Waals surface area contributed by atoms with Crippen LogP contribution in [0.25, 0.3) is 0 Å². The minimum Gasteiger partial charge on any atom is -0.392 e. The number of benzene rings is 1. The third-order valence-corrected chi connectivity index (χ3v) is 5.79. The molecule has 3 aliphatic rings. The molecule has 0 radical (unpaired) electrons. The molecule has 3 aliphatic heterocycles. The Hall–Kier alpha value is -2.12. The summed E-state index contributed by atoms with van der Waals surface area (Å²) in [4.78, 5) is 29.1. The predicted molar refractivity (Wildman–Crippen MR) is 98.9 cm³/mol. The van der Waals surface area contributed by atoms with Gasteiger partial charge in [-0.1, -0.05) is 12.1 Å². The molecule has 0 aliphatic carbocycles. The second-order valence-electron chi connectivity index (χ2n) is 7.62. The monoisotopic (exact) mass is 358 g/mol. The van der Waals surface area contributed by atoms with Crippen molar-refractivity contribution >= 4 is 23.2 Å². The maximum atomic E-state index is 12.7. The minimum absolute atomic E-state index is 0.0116. The van der Waals surface area contributed by atoms with Gasteiger partial charge in [0.2, 0.25) is 11.8 Å². The number of β-amino-alcohol motifs (C(OH)–C–C–N with tert-alkyl or cyclic N) is 1. The number of aliphatic hydroxyl groups excluding tert-OH is 1. The Morgan fingerprint density at radius 1 is 1.19 bits per heavy atom. The van der Waals surface area contributed by atoms with Crippen molar-refractivity contribution in [1.29, 1.82) is 0 Å². The van der Waals surface area contributed by atoms with Gasteiger partial charge >= 0.3 is 0 Å². The fourth-order valence-corrected chi connectivity index (χ4v) is 4.21. The number of anilines is 2. The van der Waals surface area contributed by atoms with Gasteiger partial charge in [-0.05, 0) is 44.4 Å². The molecule has 0 aromatic heterocycles. The van der Waals surface area contributed by atoms with Crippen LogP contribution in [0.1, 0.15) is 25.7 Å². The lowest BCUT2D eigenvalue weighted by molar-refractivity contribution is -0.136. The number of hydrogen-bond acceptors (Lipinski definition) is 5. The Balaban J connectivity index is 1.36. The van der Waals surface area contributed by atoms with Crippen molar-refractivity contribution in [3.63, 3.8) is 0 Å². The highest BCUT2D eigenvalue weighted by Crippen LogP contribution is 2.36. The summed E-state index contributed by atoms with van der Waals surface area (Å²) in [6.45, 7) is 2.92. The number of carbonyl (C=O) groups excluding carboxylic acids is 2. The van der Waals surface area contributed by atoms with Gasteiger partial charge in [0.05, 0.1) is 24.0 Å². The van der Waals surface area contributed by atoms with Gasteiger partial charge in [0.25, 0.3) is 0 Å². The number of piperidine rings is 2. The summed E-state index contributed by atoms with van der Waals surface area (Å²) in [7, 11) is 0. The summed E-state index contributed by atoms with van der Waals surface area (Å²) in [6.07, 6.45) is 2.62. The highest BCUT2D eigenvalue weighted by Gasteiger charge is 2.45. The average Bonchev–Trinajstić information content (AvgIpc) is 2.63. The van der Waals surface area contributed by atoms with Crippen LogP contribution in [0.15, 0.2) is 24.3 Å². The Kier molecular flexibility index (Phi) is 4.58. The van der Waals surface area contributed by atoms with Crippen molar-refractivity contribution in [3.05, 3.63) is 24.3 Å². The summed E-state index contributed by atoms with van der Waals surface area (Å²) in [5.41, 5.74) is 1.12. The molecule has 1 spiro atoms. The third kappa shape index (κ3) is 3.29. The van der Waals surface area contributed by atoms with Crippen LogP contribution in [0.4, 0.5) is 11.4 Å². The molecule has 3 heterocycles. The Labute approximate surface area is 153 Å². The van der Waals surface area contributed by atoms with Crippen LogP contribution in [0.5, 0.6) is 0 Å². The van der Waals surface area contributed by atoms with Crippen LogP contribution in [0, 0.1) is 0 Å². The number of amides is 2. The van der Waals surface area contributed by atoms with E-state index in [4.69, 9.17) is 0 Å². The van der Waals surface area contributed by atoms with E-state index in [0.29, 0.717) is 39.0 Å². The second kappa shape index (κ2) is 6.89. The summed E-state index contributed by atoms with van der Waals surface area (Å²) in [5.74, 6) is 0.0769. The van der Waals surface area contributed by atoms with Crippen LogP contribution in [-0.2, 0) is 9.59 Å². The zero-order chi connectivity index (χ0) is 18.1. The van der Waals surface area contributed by atoms with Crippen LogP contribution in [-0.4, -0.2) is 71.1 Å². The Morgan fingerprint density at radius 3 is 2.65 bits per heavy atom. The van der Waals surface area contributed by atoms with E-state index in [1.54, 1.807) is 0 Å². The lowest BCUT2D eigenvalue weighted by Crippen LogP contribution is -2.59. The van der Waals surface area contributed by atoms with E-state index in [0.717, 1.165) is 30.8 Å². The van der Waals surface area contributed by atoms with E-state index in [1.807, 2.05) is 34.1 Å². The average molecular weight is 358 g/mol. The molecule has 0 saturated carbocycles. The smallest absolute Gasteiger partial charge is 0.250 e. The predicted octanol–water partition coefficient (Wildman–Crippen LogP) is 0.869. The second-order valence-corrected chi connectivity index (χ2v) is 7.62. The van der Waals surface area contributed by atoms with Gasteiger partial charge in [0.15, 0.2) is 0 Å². The standard InChI is InChI=1S/C19H26N4O3/c24-14-4-3-9-22(12-14)13-17(25)23-10-7-19(8-11-23)18(26)20-15-5-1-2-6-16(15)21-19/h1-2,5-6,14,21,24H,3-4,7-13H2,(H,20,26). The fraction of sp³-hybridized carbons (Fsp3) is 0.579. The molecule has 1 atom stereocenters. The Bertz CT molecular complexity index is 700. The zero-order valence-electron chi connectivity index (χ0n) is 14.9. The number of aliphatic hydroxyl groups is 1. The third-order valence-electron chi connectivity index (χ3n) is 5.79. The maximum absolute atomic E-state index is 12.7. The molecular weight excluding hydrogens is 332 g/mol. The molecule has 1 aromatic rings. The van der Waals surface area contributed by atoms with Crippen LogP contribution < -0.4 is 10.6 Å². The highest BCUT2D eigenvalue weighted by molar-refractivity contribution is 6.06.